The highest BCUT2D eigenvalue weighted by molar-refractivity contribution is 7.13. The summed E-state index contributed by atoms with van der Waals surface area (Å²) in [5.74, 6) is 0.102. The Hall–Kier alpha value is -1.66. The number of unbranched alkanes of at least 4 members (excludes halogenated alkanes) is 1. The van der Waals surface area contributed by atoms with Crippen molar-refractivity contribution in [1.29, 1.82) is 0 Å². The minimum atomic E-state index is -0.482. The number of nitrogens with zero attached hydrogens (tertiary/aromatic N) is 1. The van der Waals surface area contributed by atoms with Crippen LogP contribution in [0, 0.1) is 6.92 Å². The van der Waals surface area contributed by atoms with Crippen LogP contribution in [0.2, 0.25) is 0 Å². The van der Waals surface area contributed by atoms with E-state index in [9.17, 15) is 4.79 Å². The minimum absolute atomic E-state index is 0.245. The molecule has 0 aliphatic rings. The molecule has 2 aromatic rings. The number of aromatic nitrogens is 1. The van der Waals surface area contributed by atoms with E-state index in [4.69, 9.17) is 16.0 Å². The Morgan fingerprint density at radius 2 is 2.23 bits per heavy atom. The second-order valence-corrected chi connectivity index (χ2v) is 6.46. The van der Waals surface area contributed by atoms with Gasteiger partial charge in [-0.15, -0.1) is 11.3 Å². The van der Waals surface area contributed by atoms with Gasteiger partial charge in [0, 0.05) is 12.5 Å². The normalized spacial score (nSPS) is 12.5. The van der Waals surface area contributed by atoms with Gasteiger partial charge in [0.1, 0.15) is 17.0 Å². The molecule has 22 heavy (non-hydrogen) atoms. The first-order valence-electron chi connectivity index (χ1n) is 7.63. The van der Waals surface area contributed by atoms with E-state index in [0.717, 1.165) is 36.1 Å². The van der Waals surface area contributed by atoms with Crippen molar-refractivity contribution in [3.05, 3.63) is 28.3 Å². The highest BCUT2D eigenvalue weighted by Gasteiger charge is 2.23. The first-order chi connectivity index (χ1) is 10.5. The van der Waals surface area contributed by atoms with Gasteiger partial charge in [-0.1, -0.05) is 18.5 Å². The summed E-state index contributed by atoms with van der Waals surface area (Å²) in [4.78, 5) is 12.7. The Labute approximate surface area is 134 Å². The maximum Gasteiger partial charge on any atom is 0.254 e. The van der Waals surface area contributed by atoms with E-state index < -0.39 is 5.91 Å². The SMILES string of the molecule is CCC(N)CCCCc1onc(-c2sccc2C)c1C(N)=O. The molecular weight excluding hydrogens is 298 g/mol. The van der Waals surface area contributed by atoms with Crippen molar-refractivity contribution in [1.82, 2.24) is 5.16 Å². The molecule has 0 aliphatic heterocycles. The van der Waals surface area contributed by atoms with Gasteiger partial charge in [-0.3, -0.25) is 4.79 Å². The monoisotopic (exact) mass is 321 g/mol. The summed E-state index contributed by atoms with van der Waals surface area (Å²) in [5, 5.41) is 6.05. The number of aryl methyl sites for hydroxylation is 2. The van der Waals surface area contributed by atoms with Crippen molar-refractivity contribution in [3.8, 4) is 10.6 Å². The van der Waals surface area contributed by atoms with E-state index >= 15 is 0 Å². The topological polar surface area (TPSA) is 95.1 Å². The Balaban J connectivity index is 2.11. The highest BCUT2D eigenvalue weighted by Crippen LogP contribution is 2.32. The van der Waals surface area contributed by atoms with Gasteiger partial charge in [0.25, 0.3) is 5.91 Å². The third kappa shape index (κ3) is 3.75. The zero-order chi connectivity index (χ0) is 16.1. The molecule has 0 fully saturated rings. The maximum atomic E-state index is 11.8. The fourth-order valence-electron chi connectivity index (χ4n) is 2.42. The summed E-state index contributed by atoms with van der Waals surface area (Å²) in [6.45, 7) is 4.07. The molecule has 4 N–H and O–H groups in total. The fraction of sp³-hybridized carbons (Fsp3) is 0.500. The second-order valence-electron chi connectivity index (χ2n) is 5.54. The Bertz CT molecular complexity index is 633. The van der Waals surface area contributed by atoms with E-state index in [2.05, 4.69) is 12.1 Å². The minimum Gasteiger partial charge on any atom is -0.365 e. The van der Waals surface area contributed by atoms with Gasteiger partial charge in [-0.05, 0) is 43.2 Å². The number of hydrogen-bond donors (Lipinski definition) is 2. The summed E-state index contributed by atoms with van der Waals surface area (Å²) in [7, 11) is 0. The zero-order valence-corrected chi connectivity index (χ0v) is 13.9. The molecule has 1 unspecified atom stereocenters. The summed E-state index contributed by atoms with van der Waals surface area (Å²) in [5.41, 5.74) is 13.5. The van der Waals surface area contributed by atoms with Crippen LogP contribution in [0.25, 0.3) is 10.6 Å². The van der Waals surface area contributed by atoms with Crippen LogP contribution in [0.3, 0.4) is 0 Å². The van der Waals surface area contributed by atoms with Gasteiger partial charge in [0.15, 0.2) is 0 Å². The van der Waals surface area contributed by atoms with Gasteiger partial charge in [0.05, 0.1) is 4.88 Å². The summed E-state index contributed by atoms with van der Waals surface area (Å²) in [6.07, 6.45) is 4.53. The average Bonchev–Trinajstić information content (AvgIpc) is 3.08. The van der Waals surface area contributed by atoms with Crippen LogP contribution in [-0.4, -0.2) is 17.1 Å². The molecule has 5 nitrogen and oxygen atoms in total. The van der Waals surface area contributed by atoms with Crippen LogP contribution >= 0.6 is 11.3 Å². The molecule has 0 aromatic carbocycles. The second kappa shape index (κ2) is 7.56. The molecule has 0 aliphatic carbocycles. The molecule has 2 heterocycles. The van der Waals surface area contributed by atoms with Gasteiger partial charge >= 0.3 is 0 Å². The lowest BCUT2D eigenvalue weighted by molar-refractivity contribution is 0.0999. The summed E-state index contributed by atoms with van der Waals surface area (Å²) < 4.78 is 5.39. The van der Waals surface area contributed by atoms with Crippen molar-refractivity contribution in [3.63, 3.8) is 0 Å². The molecule has 6 heteroatoms. The van der Waals surface area contributed by atoms with Crippen molar-refractivity contribution < 1.29 is 9.32 Å². The van der Waals surface area contributed by atoms with Crippen molar-refractivity contribution in [2.45, 2.75) is 52.0 Å². The molecular formula is C16H23N3O2S. The number of carbonyl (C=O) groups excluding carboxylic acids is 1. The van der Waals surface area contributed by atoms with E-state index in [1.165, 1.54) is 11.3 Å². The summed E-state index contributed by atoms with van der Waals surface area (Å²) in [6, 6.07) is 2.24. The van der Waals surface area contributed by atoms with Gasteiger partial charge in [-0.25, -0.2) is 0 Å². The Kier molecular flexibility index (Phi) is 5.74. The number of thiophene rings is 1. The van der Waals surface area contributed by atoms with Crippen molar-refractivity contribution in [2.24, 2.45) is 11.5 Å². The molecule has 0 spiro atoms. The number of hydrogen-bond acceptors (Lipinski definition) is 5. The predicted octanol–water partition coefficient (Wildman–Crippen LogP) is 3.26. The van der Waals surface area contributed by atoms with E-state index in [1.807, 2.05) is 18.4 Å². The standard InChI is InChI=1S/C16H23N3O2S/c1-3-11(17)6-4-5-7-12-13(16(18)20)14(19-21-12)15-10(2)8-9-22-15/h8-9,11H,3-7,17H2,1-2H3,(H2,18,20). The van der Waals surface area contributed by atoms with Gasteiger partial charge < -0.3 is 16.0 Å². The zero-order valence-electron chi connectivity index (χ0n) is 13.1. The van der Waals surface area contributed by atoms with E-state index in [0.29, 0.717) is 23.4 Å². The lowest BCUT2D eigenvalue weighted by atomic mass is 10.0. The van der Waals surface area contributed by atoms with Crippen LogP contribution in [0.4, 0.5) is 0 Å². The van der Waals surface area contributed by atoms with Crippen molar-refractivity contribution in [2.75, 3.05) is 0 Å². The first-order valence-corrected chi connectivity index (χ1v) is 8.51. The Morgan fingerprint density at radius 1 is 1.45 bits per heavy atom. The van der Waals surface area contributed by atoms with E-state index in [1.54, 1.807) is 0 Å². The van der Waals surface area contributed by atoms with Crippen LogP contribution < -0.4 is 11.5 Å². The third-order valence-corrected chi connectivity index (χ3v) is 4.86. The summed E-state index contributed by atoms with van der Waals surface area (Å²) >= 11 is 1.54. The van der Waals surface area contributed by atoms with Crippen LogP contribution in [0.15, 0.2) is 16.0 Å². The number of nitrogens with two attached hydrogens (primary N) is 2. The van der Waals surface area contributed by atoms with Gasteiger partial charge in [0.2, 0.25) is 0 Å². The van der Waals surface area contributed by atoms with Crippen LogP contribution in [-0.2, 0) is 6.42 Å². The van der Waals surface area contributed by atoms with Crippen LogP contribution in [0.5, 0.6) is 0 Å². The smallest absolute Gasteiger partial charge is 0.254 e. The van der Waals surface area contributed by atoms with Gasteiger partial charge in [-0.2, -0.15) is 0 Å². The maximum absolute atomic E-state index is 11.8. The number of primary amides is 1. The molecule has 1 atom stereocenters. The highest BCUT2D eigenvalue weighted by atomic mass is 32.1. The molecule has 2 aromatic heterocycles. The quantitative estimate of drug-likeness (QED) is 0.729. The largest absolute Gasteiger partial charge is 0.365 e. The molecule has 0 radical (unpaired) electrons. The number of carbonyl (C=O) groups is 1. The number of rotatable bonds is 8. The lowest BCUT2D eigenvalue weighted by Gasteiger charge is -2.07. The fourth-order valence-corrected chi connectivity index (χ4v) is 3.33. The average molecular weight is 321 g/mol. The van der Waals surface area contributed by atoms with Crippen molar-refractivity contribution >= 4 is 17.2 Å². The lowest BCUT2D eigenvalue weighted by Crippen LogP contribution is -2.18. The molecule has 0 saturated heterocycles. The predicted molar refractivity (Wildman–Crippen MR) is 88.9 cm³/mol. The molecule has 0 saturated carbocycles. The Morgan fingerprint density at radius 3 is 2.82 bits per heavy atom. The third-order valence-electron chi connectivity index (χ3n) is 3.84. The number of amides is 1. The molecule has 1 amide bonds. The van der Waals surface area contributed by atoms with E-state index in [-0.39, 0.29) is 6.04 Å². The van der Waals surface area contributed by atoms with Crippen LogP contribution in [0.1, 0.15) is 54.3 Å². The molecule has 120 valence electrons. The first kappa shape index (κ1) is 16.7. The molecule has 2 rings (SSSR count). The molecule has 0 bridgehead atoms.